The van der Waals surface area contributed by atoms with Crippen molar-refractivity contribution in [3.8, 4) is 0 Å². The zero-order chi connectivity index (χ0) is 10.2. The van der Waals surface area contributed by atoms with E-state index < -0.39 is 0 Å². The Labute approximate surface area is 96.4 Å². The van der Waals surface area contributed by atoms with Crippen LogP contribution in [0.2, 0.25) is 0 Å². The van der Waals surface area contributed by atoms with E-state index in [9.17, 15) is 0 Å². The molecule has 2 fully saturated rings. The molecule has 0 aromatic carbocycles. The molecule has 0 amide bonds. The molecule has 1 atom stereocenters. The molecule has 2 rings (SSSR count). The van der Waals surface area contributed by atoms with Crippen LogP contribution >= 0.6 is 15.9 Å². The third-order valence-corrected chi connectivity index (χ3v) is 5.15. The van der Waals surface area contributed by atoms with Gasteiger partial charge in [0, 0.05) is 17.9 Å². The van der Waals surface area contributed by atoms with Gasteiger partial charge < -0.3 is 0 Å². The van der Waals surface area contributed by atoms with Gasteiger partial charge in [-0.05, 0) is 43.6 Å². The lowest BCUT2D eigenvalue weighted by Gasteiger charge is -2.30. The first-order valence-corrected chi connectivity index (χ1v) is 7.09. The lowest BCUT2D eigenvalue weighted by Crippen LogP contribution is -2.38. The Morgan fingerprint density at radius 1 is 1.43 bits per heavy atom. The van der Waals surface area contributed by atoms with E-state index in [1.54, 1.807) is 0 Å². The molecule has 0 aromatic rings. The summed E-state index contributed by atoms with van der Waals surface area (Å²) in [6, 6.07) is 0.867. The molecule has 1 aliphatic carbocycles. The van der Waals surface area contributed by atoms with E-state index in [1.807, 2.05) is 0 Å². The van der Waals surface area contributed by atoms with Gasteiger partial charge in [-0.2, -0.15) is 0 Å². The van der Waals surface area contributed by atoms with Crippen LogP contribution in [0.1, 0.15) is 39.5 Å². The zero-order valence-electron chi connectivity index (χ0n) is 9.43. The van der Waals surface area contributed by atoms with Crippen LogP contribution in [0.15, 0.2) is 0 Å². The highest BCUT2D eigenvalue weighted by Crippen LogP contribution is 2.48. The van der Waals surface area contributed by atoms with E-state index in [2.05, 4.69) is 34.7 Å². The van der Waals surface area contributed by atoms with Crippen molar-refractivity contribution in [1.29, 1.82) is 0 Å². The number of likely N-dealkylation sites (tertiary alicyclic amines) is 1. The molecule has 1 heterocycles. The molecule has 1 aliphatic heterocycles. The normalized spacial score (nSPS) is 31.3. The first kappa shape index (κ1) is 10.9. The number of rotatable bonds is 4. The highest BCUT2D eigenvalue weighted by molar-refractivity contribution is 9.09. The third kappa shape index (κ3) is 2.16. The average Bonchev–Trinajstić information content (AvgIpc) is 2.76. The van der Waals surface area contributed by atoms with Gasteiger partial charge in [-0.1, -0.05) is 29.8 Å². The minimum absolute atomic E-state index is 0.664. The van der Waals surface area contributed by atoms with Crippen molar-refractivity contribution >= 4 is 15.9 Å². The number of alkyl halides is 1. The van der Waals surface area contributed by atoms with Crippen LogP contribution in [0.4, 0.5) is 0 Å². The lowest BCUT2D eigenvalue weighted by molar-refractivity contribution is 0.176. The Balaban J connectivity index is 1.90. The average molecular weight is 260 g/mol. The van der Waals surface area contributed by atoms with Gasteiger partial charge >= 0.3 is 0 Å². The molecule has 0 aromatic heterocycles. The topological polar surface area (TPSA) is 3.24 Å². The lowest BCUT2D eigenvalue weighted by atomic mass is 10.0. The molecular formula is C12H22BrN. The molecule has 1 unspecified atom stereocenters. The first-order chi connectivity index (χ1) is 6.67. The monoisotopic (exact) mass is 259 g/mol. The maximum absolute atomic E-state index is 3.67. The van der Waals surface area contributed by atoms with Crippen LogP contribution in [0.5, 0.6) is 0 Å². The fourth-order valence-corrected chi connectivity index (χ4v) is 3.48. The maximum Gasteiger partial charge on any atom is 0.0119 e. The van der Waals surface area contributed by atoms with Crippen LogP contribution in [0.25, 0.3) is 0 Å². The number of hydrogen-bond acceptors (Lipinski definition) is 1. The summed E-state index contributed by atoms with van der Waals surface area (Å²) in [6.07, 6.45) is 5.73. The van der Waals surface area contributed by atoms with E-state index in [1.165, 1.54) is 44.1 Å². The van der Waals surface area contributed by atoms with Crippen LogP contribution in [0, 0.1) is 11.3 Å². The van der Waals surface area contributed by atoms with Crippen molar-refractivity contribution in [1.82, 2.24) is 4.90 Å². The van der Waals surface area contributed by atoms with Crippen LogP contribution in [-0.2, 0) is 0 Å². The predicted octanol–water partition coefficient (Wildman–Crippen LogP) is 3.28. The van der Waals surface area contributed by atoms with Gasteiger partial charge in [0.1, 0.15) is 0 Å². The van der Waals surface area contributed by atoms with Gasteiger partial charge in [-0.15, -0.1) is 0 Å². The fourth-order valence-electron chi connectivity index (χ4n) is 2.74. The Morgan fingerprint density at radius 2 is 2.14 bits per heavy atom. The fraction of sp³-hybridized carbons (Fsp3) is 1.00. The van der Waals surface area contributed by atoms with Gasteiger partial charge in [0.15, 0.2) is 0 Å². The van der Waals surface area contributed by atoms with E-state index >= 15 is 0 Å². The molecule has 1 saturated heterocycles. The Morgan fingerprint density at radius 3 is 2.64 bits per heavy atom. The van der Waals surface area contributed by atoms with Crippen molar-refractivity contribution in [2.75, 3.05) is 18.4 Å². The smallest absolute Gasteiger partial charge is 0.0119 e. The Bertz CT molecular complexity index is 198. The summed E-state index contributed by atoms with van der Waals surface area (Å²) in [6.45, 7) is 7.44. The molecule has 14 heavy (non-hydrogen) atoms. The standard InChI is InChI=1S/C12H22BrN/c1-10(2)11-4-3-7-14(11)9-12(8-13)5-6-12/h10-11H,3-9H2,1-2H3. The minimum atomic E-state index is 0.664. The summed E-state index contributed by atoms with van der Waals surface area (Å²) in [5.74, 6) is 0.837. The van der Waals surface area contributed by atoms with E-state index in [4.69, 9.17) is 0 Å². The van der Waals surface area contributed by atoms with Gasteiger partial charge in [-0.25, -0.2) is 0 Å². The molecule has 1 nitrogen and oxygen atoms in total. The number of halogens is 1. The summed E-state index contributed by atoms with van der Waals surface area (Å²) in [7, 11) is 0. The van der Waals surface area contributed by atoms with Crippen molar-refractivity contribution in [3.63, 3.8) is 0 Å². The Kier molecular flexibility index (Phi) is 3.23. The molecular weight excluding hydrogens is 238 g/mol. The van der Waals surface area contributed by atoms with Gasteiger partial charge in [-0.3, -0.25) is 4.90 Å². The summed E-state index contributed by atoms with van der Waals surface area (Å²) in [4.78, 5) is 2.75. The van der Waals surface area contributed by atoms with E-state index in [-0.39, 0.29) is 0 Å². The van der Waals surface area contributed by atoms with E-state index in [0.29, 0.717) is 5.41 Å². The highest BCUT2D eigenvalue weighted by Gasteiger charge is 2.44. The van der Waals surface area contributed by atoms with Crippen molar-refractivity contribution in [3.05, 3.63) is 0 Å². The van der Waals surface area contributed by atoms with Gasteiger partial charge in [0.2, 0.25) is 0 Å². The molecule has 0 bridgehead atoms. The van der Waals surface area contributed by atoms with Crippen LogP contribution < -0.4 is 0 Å². The second-order valence-corrected chi connectivity index (χ2v) is 6.12. The molecule has 2 aliphatic rings. The van der Waals surface area contributed by atoms with Crippen molar-refractivity contribution in [2.24, 2.45) is 11.3 Å². The second kappa shape index (κ2) is 4.13. The molecule has 0 N–H and O–H groups in total. The predicted molar refractivity (Wildman–Crippen MR) is 64.9 cm³/mol. The molecule has 2 heteroatoms. The quantitative estimate of drug-likeness (QED) is 0.701. The molecule has 1 saturated carbocycles. The van der Waals surface area contributed by atoms with E-state index in [0.717, 1.165) is 12.0 Å². The van der Waals surface area contributed by atoms with Crippen molar-refractivity contribution in [2.45, 2.75) is 45.6 Å². The zero-order valence-corrected chi connectivity index (χ0v) is 11.0. The third-order valence-electron chi connectivity index (χ3n) is 3.96. The van der Waals surface area contributed by atoms with Crippen LogP contribution in [0.3, 0.4) is 0 Å². The first-order valence-electron chi connectivity index (χ1n) is 5.97. The van der Waals surface area contributed by atoms with Crippen LogP contribution in [-0.4, -0.2) is 29.4 Å². The number of hydrogen-bond donors (Lipinski definition) is 0. The Hall–Kier alpha value is 0.440. The molecule has 0 spiro atoms. The number of nitrogens with zero attached hydrogens (tertiary/aromatic N) is 1. The van der Waals surface area contributed by atoms with Crippen molar-refractivity contribution < 1.29 is 0 Å². The maximum atomic E-state index is 3.67. The second-order valence-electron chi connectivity index (χ2n) is 5.56. The minimum Gasteiger partial charge on any atom is -0.300 e. The summed E-state index contributed by atoms with van der Waals surface area (Å²) < 4.78 is 0. The summed E-state index contributed by atoms with van der Waals surface area (Å²) in [5, 5.41) is 1.21. The summed E-state index contributed by atoms with van der Waals surface area (Å²) >= 11 is 3.67. The largest absolute Gasteiger partial charge is 0.300 e. The highest BCUT2D eigenvalue weighted by atomic mass is 79.9. The molecule has 82 valence electrons. The van der Waals surface area contributed by atoms with Gasteiger partial charge in [0.05, 0.1) is 0 Å². The SMILES string of the molecule is CC(C)C1CCCN1CC1(CBr)CC1. The van der Waals surface area contributed by atoms with Gasteiger partial charge in [0.25, 0.3) is 0 Å². The molecule has 0 radical (unpaired) electrons. The summed E-state index contributed by atoms with van der Waals surface area (Å²) in [5.41, 5.74) is 0.664.